The lowest BCUT2D eigenvalue weighted by Crippen LogP contribution is -2.48. The minimum atomic E-state index is -4.06. The zero-order chi connectivity index (χ0) is 18.8. The lowest BCUT2D eigenvalue weighted by atomic mass is 10.1. The highest BCUT2D eigenvalue weighted by atomic mass is 32.2. The van der Waals surface area contributed by atoms with Gasteiger partial charge in [-0.1, -0.05) is 13.8 Å². The molecule has 1 fully saturated rings. The summed E-state index contributed by atoms with van der Waals surface area (Å²) in [6.45, 7) is 7.13. The Morgan fingerprint density at radius 2 is 2.08 bits per heavy atom. The molecule has 0 spiro atoms. The fourth-order valence-electron chi connectivity index (χ4n) is 2.99. The van der Waals surface area contributed by atoms with Crippen molar-refractivity contribution in [1.82, 2.24) is 9.21 Å². The van der Waals surface area contributed by atoms with Crippen LogP contribution in [0.3, 0.4) is 0 Å². The van der Waals surface area contributed by atoms with Crippen LogP contribution in [0.5, 0.6) is 0 Å². The lowest BCUT2D eigenvalue weighted by molar-refractivity contribution is -0.135. The third-order valence-corrected chi connectivity index (χ3v) is 5.91. The van der Waals surface area contributed by atoms with Crippen molar-refractivity contribution in [3.63, 3.8) is 0 Å². The number of aromatic carboxylic acids is 1. The Kier molecular flexibility index (Phi) is 5.89. The van der Waals surface area contributed by atoms with Gasteiger partial charge in [-0.2, -0.15) is 4.31 Å². The molecule has 25 heavy (non-hydrogen) atoms. The summed E-state index contributed by atoms with van der Waals surface area (Å²) in [5.41, 5.74) is 0. The number of hydrogen-bond donors (Lipinski definition) is 1. The Morgan fingerprint density at radius 1 is 1.40 bits per heavy atom. The van der Waals surface area contributed by atoms with Crippen molar-refractivity contribution < 1.29 is 27.5 Å². The van der Waals surface area contributed by atoms with Crippen LogP contribution in [0.15, 0.2) is 21.6 Å². The van der Waals surface area contributed by atoms with Crippen molar-refractivity contribution >= 4 is 21.9 Å². The van der Waals surface area contributed by atoms with Crippen LogP contribution >= 0.6 is 0 Å². The van der Waals surface area contributed by atoms with E-state index in [1.165, 1.54) is 0 Å². The van der Waals surface area contributed by atoms with Gasteiger partial charge in [-0.25, -0.2) is 13.2 Å². The molecule has 1 aromatic rings. The van der Waals surface area contributed by atoms with E-state index in [0.29, 0.717) is 25.9 Å². The van der Waals surface area contributed by atoms with Crippen molar-refractivity contribution in [3.05, 3.63) is 17.9 Å². The molecular formula is C16H24N2O6S. The Labute approximate surface area is 147 Å². The highest BCUT2D eigenvalue weighted by Crippen LogP contribution is 2.28. The molecule has 8 nitrogen and oxygen atoms in total. The zero-order valence-electron chi connectivity index (χ0n) is 14.6. The first kappa shape index (κ1) is 19.5. The molecule has 0 aromatic carbocycles. The van der Waals surface area contributed by atoms with Crippen LogP contribution in [0.2, 0.25) is 0 Å². The first-order valence-electron chi connectivity index (χ1n) is 8.32. The number of furan rings is 1. The molecule has 2 rings (SSSR count). The van der Waals surface area contributed by atoms with Gasteiger partial charge in [-0.15, -0.1) is 0 Å². The van der Waals surface area contributed by atoms with Gasteiger partial charge >= 0.3 is 5.97 Å². The minimum Gasteiger partial charge on any atom is -0.475 e. The molecule has 0 saturated carbocycles. The van der Waals surface area contributed by atoms with E-state index in [4.69, 9.17) is 9.52 Å². The highest BCUT2D eigenvalue weighted by Gasteiger charge is 2.42. The van der Waals surface area contributed by atoms with E-state index in [1.54, 1.807) is 4.90 Å². The van der Waals surface area contributed by atoms with Gasteiger partial charge in [0.05, 0.1) is 0 Å². The molecule has 140 valence electrons. The van der Waals surface area contributed by atoms with E-state index in [9.17, 15) is 18.0 Å². The van der Waals surface area contributed by atoms with Gasteiger partial charge in [-0.05, 0) is 37.8 Å². The monoisotopic (exact) mass is 372 g/mol. The van der Waals surface area contributed by atoms with Crippen molar-refractivity contribution in [2.24, 2.45) is 5.92 Å². The number of sulfonamides is 1. The molecule has 1 unspecified atom stereocenters. The maximum Gasteiger partial charge on any atom is 0.371 e. The van der Waals surface area contributed by atoms with Crippen LogP contribution in [0.1, 0.15) is 44.2 Å². The number of carbonyl (C=O) groups is 2. The second-order valence-electron chi connectivity index (χ2n) is 6.47. The first-order valence-corrected chi connectivity index (χ1v) is 9.76. The van der Waals surface area contributed by atoms with Crippen LogP contribution < -0.4 is 0 Å². The molecule has 2 heterocycles. The number of rotatable bonds is 7. The van der Waals surface area contributed by atoms with Gasteiger partial charge in [-0.3, -0.25) is 4.79 Å². The standard InChI is InChI=1S/C16H24N2O6S/c1-4-17(10-11(2)3)15(19)12-6-5-9-18(12)25(22,23)14-8-7-13(24-14)16(20)21/h7-8,11-12H,4-6,9-10H2,1-3H3,(H,20,21). The Hall–Kier alpha value is -1.87. The van der Waals surface area contributed by atoms with Crippen LogP contribution in [0.4, 0.5) is 0 Å². The smallest absolute Gasteiger partial charge is 0.371 e. The maximum atomic E-state index is 12.8. The molecule has 1 N–H and O–H groups in total. The lowest BCUT2D eigenvalue weighted by Gasteiger charge is -2.29. The molecule has 9 heteroatoms. The summed E-state index contributed by atoms with van der Waals surface area (Å²) in [5.74, 6) is -1.74. The van der Waals surface area contributed by atoms with E-state index in [-0.39, 0.29) is 18.4 Å². The molecular weight excluding hydrogens is 348 g/mol. The number of carboxylic acids is 1. The summed E-state index contributed by atoms with van der Waals surface area (Å²) in [7, 11) is -4.06. The second kappa shape index (κ2) is 7.57. The molecule has 1 aliphatic heterocycles. The van der Waals surface area contributed by atoms with E-state index in [2.05, 4.69) is 0 Å². The third-order valence-electron chi connectivity index (χ3n) is 4.12. The molecule has 1 atom stereocenters. The molecule has 1 aromatic heterocycles. The van der Waals surface area contributed by atoms with Crippen LogP contribution in [0, 0.1) is 5.92 Å². The summed E-state index contributed by atoms with van der Waals surface area (Å²) in [6.07, 6.45) is 1.01. The van der Waals surface area contributed by atoms with E-state index in [1.807, 2.05) is 20.8 Å². The van der Waals surface area contributed by atoms with Crippen LogP contribution in [-0.2, 0) is 14.8 Å². The van der Waals surface area contributed by atoms with Crippen LogP contribution in [0.25, 0.3) is 0 Å². The average Bonchev–Trinajstić information content (AvgIpc) is 3.20. The summed E-state index contributed by atoms with van der Waals surface area (Å²) in [6, 6.07) is 1.44. The Morgan fingerprint density at radius 3 is 2.60 bits per heavy atom. The van der Waals surface area contributed by atoms with E-state index >= 15 is 0 Å². The highest BCUT2D eigenvalue weighted by molar-refractivity contribution is 7.89. The molecule has 1 aliphatic rings. The normalized spacial score (nSPS) is 18.6. The predicted molar refractivity (Wildman–Crippen MR) is 89.7 cm³/mol. The van der Waals surface area contributed by atoms with E-state index in [0.717, 1.165) is 16.4 Å². The summed E-state index contributed by atoms with van der Waals surface area (Å²) < 4.78 is 31.6. The summed E-state index contributed by atoms with van der Waals surface area (Å²) in [5, 5.41) is 8.45. The van der Waals surface area contributed by atoms with Gasteiger partial charge in [0.25, 0.3) is 10.0 Å². The average molecular weight is 372 g/mol. The van der Waals surface area contributed by atoms with Gasteiger partial charge in [0.2, 0.25) is 16.8 Å². The van der Waals surface area contributed by atoms with Gasteiger partial charge < -0.3 is 14.4 Å². The van der Waals surface area contributed by atoms with Gasteiger partial charge in [0, 0.05) is 19.6 Å². The van der Waals surface area contributed by atoms with E-state index < -0.39 is 32.9 Å². The fraction of sp³-hybridized carbons (Fsp3) is 0.625. The number of carboxylic acid groups (broad SMARTS) is 1. The maximum absolute atomic E-state index is 12.8. The SMILES string of the molecule is CCN(CC(C)C)C(=O)C1CCCN1S(=O)(=O)c1ccc(C(=O)O)o1. The van der Waals surface area contributed by atoms with Gasteiger partial charge in [0.1, 0.15) is 6.04 Å². The number of amides is 1. The quantitative estimate of drug-likeness (QED) is 0.779. The largest absolute Gasteiger partial charge is 0.475 e. The number of nitrogens with zero attached hydrogens (tertiary/aromatic N) is 2. The molecule has 1 amide bonds. The number of likely N-dealkylation sites (N-methyl/N-ethyl adjacent to an activating group) is 1. The number of carbonyl (C=O) groups excluding carboxylic acids is 1. The number of hydrogen-bond acceptors (Lipinski definition) is 5. The topological polar surface area (TPSA) is 108 Å². The molecule has 0 bridgehead atoms. The minimum absolute atomic E-state index is 0.209. The Bertz CT molecular complexity index is 740. The van der Waals surface area contributed by atoms with Crippen LogP contribution in [-0.4, -0.2) is 60.3 Å². The molecule has 0 radical (unpaired) electrons. The summed E-state index contributed by atoms with van der Waals surface area (Å²) >= 11 is 0. The molecule has 1 saturated heterocycles. The second-order valence-corrected chi connectivity index (χ2v) is 8.29. The van der Waals surface area contributed by atoms with Crippen molar-refractivity contribution in [2.75, 3.05) is 19.6 Å². The molecule has 0 aliphatic carbocycles. The third kappa shape index (κ3) is 4.04. The summed E-state index contributed by atoms with van der Waals surface area (Å²) in [4.78, 5) is 25.4. The van der Waals surface area contributed by atoms with Gasteiger partial charge in [0.15, 0.2) is 0 Å². The fourth-order valence-corrected chi connectivity index (χ4v) is 4.56. The first-order chi connectivity index (χ1) is 11.7. The van der Waals surface area contributed by atoms with Crippen molar-refractivity contribution in [3.8, 4) is 0 Å². The Balaban J connectivity index is 2.27. The van der Waals surface area contributed by atoms with Crippen molar-refractivity contribution in [2.45, 2.75) is 44.7 Å². The van der Waals surface area contributed by atoms with Crippen molar-refractivity contribution in [1.29, 1.82) is 0 Å². The zero-order valence-corrected chi connectivity index (χ0v) is 15.5. The predicted octanol–water partition coefficient (Wildman–Crippen LogP) is 1.64.